The van der Waals surface area contributed by atoms with E-state index in [1.54, 1.807) is 0 Å². The molecule has 0 bridgehead atoms. The highest BCUT2D eigenvalue weighted by molar-refractivity contribution is 6.30. The van der Waals surface area contributed by atoms with Crippen molar-refractivity contribution in [2.24, 2.45) is 0 Å². The van der Waals surface area contributed by atoms with E-state index >= 15 is 0 Å². The van der Waals surface area contributed by atoms with Crippen LogP contribution in [0.25, 0.3) is 0 Å². The van der Waals surface area contributed by atoms with E-state index in [0.29, 0.717) is 23.6 Å². The molecule has 3 aromatic rings. The van der Waals surface area contributed by atoms with E-state index in [1.165, 1.54) is 0 Å². The third-order valence-electron chi connectivity index (χ3n) is 4.26. The Morgan fingerprint density at radius 1 is 0.963 bits per heavy atom. The summed E-state index contributed by atoms with van der Waals surface area (Å²) in [5.74, 6) is 0.914. The average Bonchev–Trinajstić information content (AvgIpc) is 2.70. The van der Waals surface area contributed by atoms with Crippen LogP contribution in [0.1, 0.15) is 35.3 Å². The summed E-state index contributed by atoms with van der Waals surface area (Å²) in [6.45, 7) is 2.58. The van der Waals surface area contributed by atoms with Gasteiger partial charge in [0.15, 0.2) is 5.78 Å². The van der Waals surface area contributed by atoms with Gasteiger partial charge in [0.25, 0.3) is 0 Å². The molecular weight excluding hydrogens is 358 g/mol. The Balaban J connectivity index is 1.83. The third kappa shape index (κ3) is 5.35. The minimum Gasteiger partial charge on any atom is -0.494 e. The average molecular weight is 380 g/mol. The number of rotatable bonds is 8. The van der Waals surface area contributed by atoms with Gasteiger partial charge in [-0.2, -0.15) is 0 Å². The zero-order valence-corrected chi connectivity index (χ0v) is 15.9. The largest absolute Gasteiger partial charge is 0.494 e. The van der Waals surface area contributed by atoms with Crippen LogP contribution in [0, 0.1) is 0 Å². The Kier molecular flexibility index (Phi) is 6.50. The van der Waals surface area contributed by atoms with Crippen LogP contribution in [0.3, 0.4) is 0 Å². The van der Waals surface area contributed by atoms with E-state index < -0.39 is 0 Å². The number of hydrogen-bond acceptors (Lipinski definition) is 3. The third-order valence-corrected chi connectivity index (χ3v) is 4.52. The first-order valence-corrected chi connectivity index (χ1v) is 9.36. The van der Waals surface area contributed by atoms with Gasteiger partial charge in [-0.25, -0.2) is 0 Å². The number of halogens is 1. The molecule has 0 unspecified atom stereocenters. The summed E-state index contributed by atoms with van der Waals surface area (Å²) in [6.07, 6.45) is 0.348. The van der Waals surface area contributed by atoms with E-state index in [2.05, 4.69) is 5.32 Å². The molecule has 0 fully saturated rings. The second kappa shape index (κ2) is 9.24. The fraction of sp³-hybridized carbons (Fsp3) is 0.174. The lowest BCUT2D eigenvalue weighted by atomic mass is 9.97. The van der Waals surface area contributed by atoms with Gasteiger partial charge in [-0.3, -0.25) is 4.79 Å². The zero-order valence-electron chi connectivity index (χ0n) is 15.2. The van der Waals surface area contributed by atoms with Crippen molar-refractivity contribution < 1.29 is 9.53 Å². The summed E-state index contributed by atoms with van der Waals surface area (Å²) in [5, 5.41) is 4.13. The van der Waals surface area contributed by atoms with Crippen molar-refractivity contribution in [1.29, 1.82) is 0 Å². The molecule has 3 aromatic carbocycles. The first-order chi connectivity index (χ1) is 13.2. The molecule has 0 heterocycles. The molecule has 0 aromatic heterocycles. The summed E-state index contributed by atoms with van der Waals surface area (Å²) in [6, 6.07) is 24.6. The molecule has 3 rings (SSSR count). The molecule has 138 valence electrons. The molecule has 0 spiro atoms. The van der Waals surface area contributed by atoms with Crippen molar-refractivity contribution in [1.82, 2.24) is 0 Å². The molecular formula is C23H22ClNO2. The molecule has 0 amide bonds. The first-order valence-electron chi connectivity index (χ1n) is 8.99. The van der Waals surface area contributed by atoms with Crippen molar-refractivity contribution in [3.8, 4) is 5.75 Å². The summed E-state index contributed by atoms with van der Waals surface area (Å²) in [4.78, 5) is 12.8. The zero-order chi connectivity index (χ0) is 19.1. The Morgan fingerprint density at radius 3 is 2.26 bits per heavy atom. The van der Waals surface area contributed by atoms with Gasteiger partial charge in [0.05, 0.1) is 12.6 Å². The van der Waals surface area contributed by atoms with Crippen LogP contribution in [0.15, 0.2) is 78.9 Å². The Hall–Kier alpha value is -2.78. The molecule has 0 aliphatic heterocycles. The smallest absolute Gasteiger partial charge is 0.165 e. The molecule has 0 aliphatic carbocycles. The SMILES string of the molecule is CCOc1ccc([C@H](CC(=O)c2ccccc2)Nc2ccc(Cl)cc2)cc1. The number of carbonyl (C=O) groups excluding carboxylic acids is 1. The monoisotopic (exact) mass is 379 g/mol. The standard InChI is InChI=1S/C23H22ClNO2/c1-2-27-21-14-8-17(9-15-21)22(25-20-12-10-19(24)11-13-20)16-23(26)18-6-4-3-5-7-18/h3-15,22,25H,2,16H2,1H3/t22-/m0/s1. The maximum absolute atomic E-state index is 12.8. The Bertz CT molecular complexity index is 861. The number of ether oxygens (including phenoxy) is 1. The first kappa shape index (κ1) is 19.0. The number of hydrogen-bond donors (Lipinski definition) is 1. The summed E-state index contributed by atoms with van der Waals surface area (Å²) in [5.41, 5.74) is 2.66. The molecule has 0 radical (unpaired) electrons. The molecule has 0 saturated heterocycles. The quantitative estimate of drug-likeness (QED) is 0.476. The Morgan fingerprint density at radius 2 is 1.63 bits per heavy atom. The lowest BCUT2D eigenvalue weighted by molar-refractivity contribution is 0.0976. The fourth-order valence-corrected chi connectivity index (χ4v) is 3.02. The predicted octanol–water partition coefficient (Wildman–Crippen LogP) is 6.16. The van der Waals surface area contributed by atoms with E-state index in [9.17, 15) is 4.79 Å². The number of ketones is 1. The van der Waals surface area contributed by atoms with Crippen LogP contribution in [-0.4, -0.2) is 12.4 Å². The number of nitrogens with one attached hydrogen (secondary N) is 1. The highest BCUT2D eigenvalue weighted by atomic mass is 35.5. The fourth-order valence-electron chi connectivity index (χ4n) is 2.89. The summed E-state index contributed by atoms with van der Waals surface area (Å²) < 4.78 is 5.52. The van der Waals surface area contributed by atoms with Crippen LogP contribution in [0.2, 0.25) is 5.02 Å². The van der Waals surface area contributed by atoms with Crippen LogP contribution in [0.5, 0.6) is 5.75 Å². The molecule has 3 nitrogen and oxygen atoms in total. The van der Waals surface area contributed by atoms with Gasteiger partial charge in [-0.15, -0.1) is 0 Å². The summed E-state index contributed by atoms with van der Waals surface area (Å²) in [7, 11) is 0. The number of benzene rings is 3. The molecule has 0 saturated carbocycles. The highest BCUT2D eigenvalue weighted by Gasteiger charge is 2.17. The van der Waals surface area contributed by atoms with Gasteiger partial charge in [0.2, 0.25) is 0 Å². The number of anilines is 1. The van der Waals surface area contributed by atoms with Gasteiger partial charge in [0.1, 0.15) is 5.75 Å². The molecule has 4 heteroatoms. The van der Waals surface area contributed by atoms with Gasteiger partial charge >= 0.3 is 0 Å². The van der Waals surface area contributed by atoms with E-state index in [-0.39, 0.29) is 11.8 Å². The Labute approximate surface area is 164 Å². The van der Waals surface area contributed by atoms with Crippen molar-refractivity contribution in [3.05, 3.63) is 95.0 Å². The predicted molar refractivity (Wildman–Crippen MR) is 111 cm³/mol. The van der Waals surface area contributed by atoms with E-state index in [0.717, 1.165) is 17.0 Å². The molecule has 27 heavy (non-hydrogen) atoms. The highest BCUT2D eigenvalue weighted by Crippen LogP contribution is 2.27. The molecule has 0 aliphatic rings. The van der Waals surface area contributed by atoms with Gasteiger partial charge in [0, 0.05) is 22.7 Å². The van der Waals surface area contributed by atoms with E-state index in [1.807, 2.05) is 85.8 Å². The van der Waals surface area contributed by atoms with Crippen LogP contribution in [-0.2, 0) is 0 Å². The van der Waals surface area contributed by atoms with Crippen LogP contribution in [0.4, 0.5) is 5.69 Å². The minimum atomic E-state index is -0.158. The van der Waals surface area contributed by atoms with Crippen molar-refractivity contribution in [3.63, 3.8) is 0 Å². The maximum Gasteiger partial charge on any atom is 0.165 e. The van der Waals surface area contributed by atoms with Crippen molar-refractivity contribution >= 4 is 23.1 Å². The maximum atomic E-state index is 12.8. The van der Waals surface area contributed by atoms with Gasteiger partial charge < -0.3 is 10.1 Å². The van der Waals surface area contributed by atoms with Crippen molar-refractivity contribution in [2.45, 2.75) is 19.4 Å². The normalized spacial score (nSPS) is 11.6. The topological polar surface area (TPSA) is 38.3 Å². The van der Waals surface area contributed by atoms with Crippen LogP contribution < -0.4 is 10.1 Å². The molecule has 1 N–H and O–H groups in total. The van der Waals surface area contributed by atoms with Gasteiger partial charge in [-0.05, 0) is 48.9 Å². The number of carbonyl (C=O) groups is 1. The lowest BCUT2D eigenvalue weighted by Crippen LogP contribution is -2.16. The second-order valence-corrected chi connectivity index (χ2v) is 6.64. The number of Topliss-reactive ketones (excluding diaryl/α,β-unsaturated/α-hetero) is 1. The van der Waals surface area contributed by atoms with Crippen molar-refractivity contribution in [2.75, 3.05) is 11.9 Å². The van der Waals surface area contributed by atoms with Crippen LogP contribution >= 0.6 is 11.6 Å². The second-order valence-electron chi connectivity index (χ2n) is 6.20. The molecule has 1 atom stereocenters. The van der Waals surface area contributed by atoms with E-state index in [4.69, 9.17) is 16.3 Å². The minimum absolute atomic E-state index is 0.0935. The lowest BCUT2D eigenvalue weighted by Gasteiger charge is -2.20. The van der Waals surface area contributed by atoms with Gasteiger partial charge in [-0.1, -0.05) is 54.1 Å². The summed E-state index contributed by atoms with van der Waals surface area (Å²) >= 11 is 5.98.